The van der Waals surface area contributed by atoms with Crippen molar-refractivity contribution in [1.82, 2.24) is 0 Å². The Morgan fingerprint density at radius 2 is 1.77 bits per heavy atom. The topological polar surface area (TPSA) is 124 Å². The van der Waals surface area contributed by atoms with Gasteiger partial charge in [0.2, 0.25) is 0 Å². The van der Waals surface area contributed by atoms with Crippen molar-refractivity contribution in [3.05, 3.63) is 85.6 Å². The molecule has 0 atom stereocenters. The molecule has 0 amide bonds. The number of hydrogen-bond acceptors (Lipinski definition) is 7. The molecule has 0 aliphatic carbocycles. The minimum absolute atomic E-state index is 0.108. The first-order valence-corrected chi connectivity index (χ1v) is 8.56. The third-order valence-electron chi connectivity index (χ3n) is 4.22. The van der Waals surface area contributed by atoms with Crippen molar-refractivity contribution >= 4 is 23.3 Å². The van der Waals surface area contributed by atoms with Gasteiger partial charge in [0.05, 0.1) is 21.6 Å². The normalized spacial score (nSPS) is 11.6. The molecule has 12 heteroatoms. The van der Waals surface area contributed by atoms with E-state index in [2.05, 4.69) is 10.5 Å². The maximum atomic E-state index is 12.8. The average Bonchev–Trinajstić information content (AvgIpc) is 3.16. The molecular weight excluding hydrogens is 421 g/mol. The van der Waals surface area contributed by atoms with Crippen LogP contribution in [0.2, 0.25) is 0 Å². The zero-order chi connectivity index (χ0) is 22.8. The lowest BCUT2D eigenvalue weighted by atomic mass is 10.1. The lowest BCUT2D eigenvalue weighted by molar-refractivity contribution is -0.384. The van der Waals surface area contributed by atoms with Gasteiger partial charge < -0.3 is 4.42 Å². The summed E-state index contributed by atoms with van der Waals surface area (Å²) in [5, 5.41) is 25.8. The van der Waals surface area contributed by atoms with Gasteiger partial charge in [-0.3, -0.25) is 25.7 Å². The number of non-ortho nitro benzene ring substituents is 1. The van der Waals surface area contributed by atoms with Gasteiger partial charge in [-0.25, -0.2) is 0 Å². The van der Waals surface area contributed by atoms with Gasteiger partial charge in [-0.2, -0.15) is 18.3 Å². The summed E-state index contributed by atoms with van der Waals surface area (Å²) in [5.74, 6) is 0.547. The summed E-state index contributed by atoms with van der Waals surface area (Å²) in [5.41, 5.74) is 1.26. The summed E-state index contributed by atoms with van der Waals surface area (Å²) in [6, 6.07) is 9.39. The third kappa shape index (κ3) is 4.86. The van der Waals surface area contributed by atoms with Crippen LogP contribution in [0.25, 0.3) is 11.3 Å². The van der Waals surface area contributed by atoms with E-state index in [-0.39, 0.29) is 17.1 Å². The smallest absolute Gasteiger partial charge is 0.416 e. The van der Waals surface area contributed by atoms with E-state index in [9.17, 15) is 33.4 Å². The Bertz CT molecular complexity index is 1190. The van der Waals surface area contributed by atoms with Crippen LogP contribution < -0.4 is 5.43 Å². The highest BCUT2D eigenvalue weighted by atomic mass is 19.4. The standard InChI is InChI=1S/C19H13F3N4O5/c1-11-2-4-13(25(27)28)9-15(11)18-7-5-14(31-18)10-23-24-16-6-3-12(19(20,21)22)8-17(16)26(29)30/h2-10,24H,1H3/b23-10-. The predicted octanol–water partition coefficient (Wildman–Crippen LogP) is 5.54. The maximum Gasteiger partial charge on any atom is 0.416 e. The number of rotatable bonds is 6. The number of alkyl halides is 3. The molecule has 1 heterocycles. The number of benzene rings is 2. The number of hydrazone groups is 1. The molecule has 1 N–H and O–H groups in total. The van der Waals surface area contributed by atoms with Gasteiger partial charge >= 0.3 is 6.18 Å². The zero-order valence-electron chi connectivity index (χ0n) is 15.7. The van der Waals surface area contributed by atoms with Crippen molar-refractivity contribution in [3.63, 3.8) is 0 Å². The Hall–Kier alpha value is -4.22. The summed E-state index contributed by atoms with van der Waals surface area (Å²) in [6.07, 6.45) is -3.56. The van der Waals surface area contributed by atoms with Gasteiger partial charge in [0.1, 0.15) is 17.2 Å². The van der Waals surface area contributed by atoms with E-state index in [0.717, 1.165) is 17.8 Å². The molecule has 0 saturated heterocycles. The Morgan fingerprint density at radius 3 is 2.42 bits per heavy atom. The first-order chi connectivity index (χ1) is 14.6. The fourth-order valence-electron chi connectivity index (χ4n) is 2.67. The molecule has 0 unspecified atom stereocenters. The summed E-state index contributed by atoms with van der Waals surface area (Å²) < 4.78 is 43.8. The number of nitrogens with one attached hydrogen (secondary N) is 1. The highest BCUT2D eigenvalue weighted by molar-refractivity contribution is 5.79. The molecule has 3 rings (SSSR count). The second-order valence-electron chi connectivity index (χ2n) is 6.32. The fourth-order valence-corrected chi connectivity index (χ4v) is 2.67. The zero-order valence-corrected chi connectivity index (χ0v) is 15.7. The molecule has 2 aromatic carbocycles. The fraction of sp³-hybridized carbons (Fsp3) is 0.105. The Kier molecular flexibility index (Phi) is 5.72. The van der Waals surface area contributed by atoms with Gasteiger partial charge in [-0.15, -0.1) is 0 Å². The van der Waals surface area contributed by atoms with Gasteiger partial charge in [-0.1, -0.05) is 6.07 Å². The van der Waals surface area contributed by atoms with E-state index >= 15 is 0 Å². The lowest BCUT2D eigenvalue weighted by Crippen LogP contribution is -2.06. The van der Waals surface area contributed by atoms with Crippen LogP contribution in [0.4, 0.5) is 30.2 Å². The number of nitro benzene ring substituents is 2. The molecule has 9 nitrogen and oxygen atoms in total. The second kappa shape index (κ2) is 8.26. The lowest BCUT2D eigenvalue weighted by Gasteiger charge is -2.08. The first-order valence-electron chi connectivity index (χ1n) is 8.56. The number of anilines is 1. The van der Waals surface area contributed by atoms with Crippen LogP contribution in [0.3, 0.4) is 0 Å². The van der Waals surface area contributed by atoms with Crippen molar-refractivity contribution in [2.75, 3.05) is 5.43 Å². The molecule has 0 saturated carbocycles. The molecule has 160 valence electrons. The van der Waals surface area contributed by atoms with Gasteiger partial charge in [0.15, 0.2) is 0 Å². The quantitative estimate of drug-likeness (QED) is 0.309. The Balaban J connectivity index is 1.81. The van der Waals surface area contributed by atoms with Crippen LogP contribution in [0.5, 0.6) is 0 Å². The number of aryl methyl sites for hydroxylation is 1. The van der Waals surface area contributed by atoms with Crippen LogP contribution in [-0.4, -0.2) is 16.1 Å². The minimum Gasteiger partial charge on any atom is -0.455 e. The summed E-state index contributed by atoms with van der Waals surface area (Å²) in [4.78, 5) is 20.6. The van der Waals surface area contributed by atoms with Crippen molar-refractivity contribution in [2.24, 2.45) is 5.10 Å². The van der Waals surface area contributed by atoms with E-state index < -0.39 is 27.3 Å². The first kappa shape index (κ1) is 21.5. The molecule has 0 bridgehead atoms. The maximum absolute atomic E-state index is 12.8. The van der Waals surface area contributed by atoms with Crippen LogP contribution in [0.15, 0.2) is 58.0 Å². The molecule has 1 aromatic heterocycles. The van der Waals surface area contributed by atoms with E-state index in [4.69, 9.17) is 4.42 Å². The largest absolute Gasteiger partial charge is 0.455 e. The average molecular weight is 434 g/mol. The Morgan fingerprint density at radius 1 is 1.03 bits per heavy atom. The van der Waals surface area contributed by atoms with Crippen LogP contribution >= 0.6 is 0 Å². The van der Waals surface area contributed by atoms with Gasteiger partial charge in [-0.05, 0) is 36.8 Å². The number of nitrogens with zero attached hydrogens (tertiary/aromatic N) is 3. The molecule has 0 aliphatic heterocycles. The van der Waals surface area contributed by atoms with E-state index in [1.54, 1.807) is 19.1 Å². The SMILES string of the molecule is Cc1ccc([N+](=O)[O-])cc1-c1ccc(/C=N\Nc2ccc(C(F)(F)F)cc2[N+](=O)[O-])o1. The minimum atomic E-state index is -4.72. The molecule has 3 aromatic rings. The summed E-state index contributed by atoms with van der Waals surface area (Å²) >= 11 is 0. The summed E-state index contributed by atoms with van der Waals surface area (Å²) in [7, 11) is 0. The van der Waals surface area contributed by atoms with E-state index in [1.807, 2.05) is 0 Å². The van der Waals surface area contributed by atoms with Gasteiger partial charge in [0.25, 0.3) is 11.4 Å². The predicted molar refractivity (Wildman–Crippen MR) is 105 cm³/mol. The van der Waals surface area contributed by atoms with Crippen LogP contribution in [0, 0.1) is 27.2 Å². The molecular formula is C19H13F3N4O5. The highest BCUT2D eigenvalue weighted by Gasteiger charge is 2.33. The van der Waals surface area contributed by atoms with Crippen molar-refractivity contribution in [1.29, 1.82) is 0 Å². The van der Waals surface area contributed by atoms with Crippen molar-refractivity contribution in [2.45, 2.75) is 13.1 Å². The highest BCUT2D eigenvalue weighted by Crippen LogP contribution is 2.35. The summed E-state index contributed by atoms with van der Waals surface area (Å²) in [6.45, 7) is 1.75. The van der Waals surface area contributed by atoms with Crippen molar-refractivity contribution < 1.29 is 27.4 Å². The van der Waals surface area contributed by atoms with Crippen LogP contribution in [-0.2, 0) is 6.18 Å². The van der Waals surface area contributed by atoms with E-state index in [1.165, 1.54) is 18.2 Å². The molecule has 0 spiro atoms. The third-order valence-corrected chi connectivity index (χ3v) is 4.22. The Labute approximate surface area is 172 Å². The van der Waals surface area contributed by atoms with Gasteiger partial charge in [0, 0.05) is 23.8 Å². The number of furan rings is 1. The molecule has 0 radical (unpaired) electrons. The second-order valence-corrected chi connectivity index (χ2v) is 6.32. The molecule has 0 fully saturated rings. The van der Waals surface area contributed by atoms with Crippen molar-refractivity contribution in [3.8, 4) is 11.3 Å². The number of nitro groups is 2. The monoisotopic (exact) mass is 434 g/mol. The number of halogens is 3. The molecule has 31 heavy (non-hydrogen) atoms. The van der Waals surface area contributed by atoms with E-state index in [0.29, 0.717) is 23.5 Å². The number of hydrogen-bond donors (Lipinski definition) is 1. The van der Waals surface area contributed by atoms with Crippen LogP contribution in [0.1, 0.15) is 16.9 Å². The molecule has 0 aliphatic rings.